The Bertz CT molecular complexity index is 356. The fourth-order valence-electron chi connectivity index (χ4n) is 4.18. The van der Waals surface area contributed by atoms with Crippen LogP contribution in [0.1, 0.15) is 129 Å². The van der Waals surface area contributed by atoms with Gasteiger partial charge in [0.1, 0.15) is 6.10 Å². The van der Waals surface area contributed by atoms with Crippen LogP contribution in [-0.4, -0.2) is 23.3 Å². The summed E-state index contributed by atoms with van der Waals surface area (Å²) in [6, 6.07) is 0. The molecular formula is C24H46O3. The zero-order valence-corrected chi connectivity index (χ0v) is 18.2. The summed E-state index contributed by atoms with van der Waals surface area (Å²) in [5.74, 6) is -0.0534. The monoisotopic (exact) mass is 382 g/mol. The minimum Gasteiger partial charge on any atom is -0.461 e. The number of ether oxygens (including phenoxy) is 1. The highest BCUT2D eigenvalue weighted by molar-refractivity contribution is 5.78. The highest BCUT2D eigenvalue weighted by atomic mass is 16.6. The van der Waals surface area contributed by atoms with Crippen LogP contribution in [-0.2, 0) is 9.53 Å². The summed E-state index contributed by atoms with van der Waals surface area (Å²) in [6.07, 6.45) is 22.4. The molecule has 0 radical (unpaired) electrons. The van der Waals surface area contributed by atoms with Gasteiger partial charge in [0.2, 0.25) is 0 Å². The molecule has 1 aliphatic heterocycles. The fraction of sp³-hybridized carbons (Fsp3) is 0.958. The van der Waals surface area contributed by atoms with Gasteiger partial charge in [0.05, 0.1) is 12.0 Å². The van der Waals surface area contributed by atoms with Crippen molar-refractivity contribution < 1.29 is 14.6 Å². The number of rotatable bonds is 19. The Labute approximate surface area is 168 Å². The molecule has 0 aliphatic carbocycles. The van der Waals surface area contributed by atoms with E-state index in [2.05, 4.69) is 6.92 Å². The van der Waals surface area contributed by atoms with Gasteiger partial charge in [-0.25, -0.2) is 0 Å². The number of esters is 1. The Morgan fingerprint density at radius 2 is 1.22 bits per heavy atom. The van der Waals surface area contributed by atoms with Crippen molar-refractivity contribution >= 4 is 5.97 Å². The Kier molecular flexibility index (Phi) is 14.9. The molecule has 0 aromatic heterocycles. The van der Waals surface area contributed by atoms with Crippen molar-refractivity contribution in [2.24, 2.45) is 5.92 Å². The van der Waals surface area contributed by atoms with Gasteiger partial charge in [0.15, 0.2) is 0 Å². The first-order valence-electron chi connectivity index (χ1n) is 12.1. The maximum atomic E-state index is 11.3. The van der Waals surface area contributed by atoms with Crippen molar-refractivity contribution in [1.82, 2.24) is 0 Å². The standard InChI is InChI=1S/C24H46O3/c1-3-5-6-7-8-9-10-11-12-13-14-15-16-17-18-19-21(25)20-23-22(4-2)24(26)27-23/h21-23,25H,3-20H2,1-2H3/t21-,22-,23-/m1/s1. The van der Waals surface area contributed by atoms with Crippen LogP contribution in [0.15, 0.2) is 0 Å². The zero-order valence-electron chi connectivity index (χ0n) is 18.2. The number of carbonyl (C=O) groups excluding carboxylic acids is 1. The number of hydrogen-bond acceptors (Lipinski definition) is 3. The molecule has 0 unspecified atom stereocenters. The Morgan fingerprint density at radius 3 is 1.63 bits per heavy atom. The second-order valence-electron chi connectivity index (χ2n) is 8.62. The number of aliphatic hydroxyl groups excluding tert-OH is 1. The molecule has 1 aliphatic rings. The second kappa shape index (κ2) is 16.4. The molecule has 27 heavy (non-hydrogen) atoms. The first-order chi connectivity index (χ1) is 13.2. The van der Waals surface area contributed by atoms with Crippen molar-refractivity contribution in [2.45, 2.75) is 142 Å². The lowest BCUT2D eigenvalue weighted by Gasteiger charge is -2.35. The van der Waals surface area contributed by atoms with Gasteiger partial charge in [-0.2, -0.15) is 0 Å². The second-order valence-corrected chi connectivity index (χ2v) is 8.62. The summed E-state index contributed by atoms with van der Waals surface area (Å²) < 4.78 is 5.14. The van der Waals surface area contributed by atoms with E-state index >= 15 is 0 Å². The van der Waals surface area contributed by atoms with E-state index in [1.54, 1.807) is 0 Å². The van der Waals surface area contributed by atoms with Crippen molar-refractivity contribution in [1.29, 1.82) is 0 Å². The van der Waals surface area contributed by atoms with Crippen LogP contribution in [0.5, 0.6) is 0 Å². The topological polar surface area (TPSA) is 46.5 Å². The summed E-state index contributed by atoms with van der Waals surface area (Å²) in [7, 11) is 0. The molecule has 3 atom stereocenters. The average molecular weight is 383 g/mol. The number of cyclic esters (lactones) is 1. The molecule has 1 saturated heterocycles. The molecule has 1 fully saturated rings. The molecule has 0 aromatic carbocycles. The van der Waals surface area contributed by atoms with E-state index in [0.29, 0.717) is 6.42 Å². The number of aliphatic hydroxyl groups is 1. The highest BCUT2D eigenvalue weighted by Crippen LogP contribution is 2.29. The minimum atomic E-state index is -0.306. The van der Waals surface area contributed by atoms with Gasteiger partial charge in [-0.05, 0) is 12.8 Å². The van der Waals surface area contributed by atoms with E-state index in [-0.39, 0.29) is 24.1 Å². The SMILES string of the molecule is CCCCCCCCCCCCCCCCC[C@@H](O)C[C@H]1OC(=O)[C@@H]1CC. The molecule has 0 amide bonds. The van der Waals surface area contributed by atoms with E-state index in [9.17, 15) is 9.90 Å². The van der Waals surface area contributed by atoms with Gasteiger partial charge in [-0.3, -0.25) is 4.79 Å². The van der Waals surface area contributed by atoms with Crippen LogP contribution >= 0.6 is 0 Å². The van der Waals surface area contributed by atoms with Gasteiger partial charge in [0.25, 0.3) is 0 Å². The molecular weight excluding hydrogens is 336 g/mol. The largest absolute Gasteiger partial charge is 0.461 e. The third-order valence-electron chi connectivity index (χ3n) is 6.10. The molecule has 1 rings (SSSR count). The fourth-order valence-corrected chi connectivity index (χ4v) is 4.18. The van der Waals surface area contributed by atoms with Crippen LogP contribution in [0.2, 0.25) is 0 Å². The van der Waals surface area contributed by atoms with Crippen LogP contribution in [0.4, 0.5) is 0 Å². The maximum Gasteiger partial charge on any atom is 0.313 e. The lowest BCUT2D eigenvalue weighted by molar-refractivity contribution is -0.188. The number of hydrogen-bond donors (Lipinski definition) is 1. The predicted molar refractivity (Wildman–Crippen MR) is 114 cm³/mol. The van der Waals surface area contributed by atoms with E-state index in [1.807, 2.05) is 6.92 Å². The van der Waals surface area contributed by atoms with Crippen LogP contribution in [0.25, 0.3) is 0 Å². The molecule has 3 nitrogen and oxygen atoms in total. The van der Waals surface area contributed by atoms with Gasteiger partial charge < -0.3 is 9.84 Å². The van der Waals surface area contributed by atoms with E-state index in [4.69, 9.17) is 4.74 Å². The molecule has 0 saturated carbocycles. The molecule has 160 valence electrons. The van der Waals surface area contributed by atoms with E-state index < -0.39 is 0 Å². The van der Waals surface area contributed by atoms with Crippen molar-refractivity contribution in [2.75, 3.05) is 0 Å². The summed E-state index contributed by atoms with van der Waals surface area (Å²) in [6.45, 7) is 4.29. The third-order valence-corrected chi connectivity index (χ3v) is 6.10. The van der Waals surface area contributed by atoms with Crippen molar-refractivity contribution in [3.63, 3.8) is 0 Å². The Morgan fingerprint density at radius 1 is 0.778 bits per heavy atom. The van der Waals surface area contributed by atoms with Gasteiger partial charge >= 0.3 is 5.97 Å². The maximum absolute atomic E-state index is 11.3. The first-order valence-corrected chi connectivity index (χ1v) is 12.1. The lowest BCUT2D eigenvalue weighted by atomic mass is 9.89. The molecule has 0 bridgehead atoms. The smallest absolute Gasteiger partial charge is 0.313 e. The van der Waals surface area contributed by atoms with Crippen LogP contribution in [0.3, 0.4) is 0 Å². The Hall–Kier alpha value is -0.570. The zero-order chi connectivity index (χ0) is 19.7. The quantitative estimate of drug-likeness (QED) is 0.194. The van der Waals surface area contributed by atoms with Gasteiger partial charge in [-0.1, -0.05) is 110 Å². The summed E-state index contributed by atoms with van der Waals surface area (Å²) >= 11 is 0. The molecule has 3 heteroatoms. The number of carbonyl (C=O) groups is 1. The van der Waals surface area contributed by atoms with Gasteiger partial charge in [-0.15, -0.1) is 0 Å². The summed E-state index contributed by atoms with van der Waals surface area (Å²) in [4.78, 5) is 11.3. The van der Waals surface area contributed by atoms with Crippen LogP contribution < -0.4 is 0 Å². The normalized spacial score (nSPS) is 20.3. The third kappa shape index (κ3) is 11.8. The molecule has 1 heterocycles. The van der Waals surface area contributed by atoms with Crippen molar-refractivity contribution in [3.8, 4) is 0 Å². The summed E-state index contributed by atoms with van der Waals surface area (Å²) in [5.41, 5.74) is 0. The number of unbranched alkanes of at least 4 members (excludes halogenated alkanes) is 14. The lowest BCUT2D eigenvalue weighted by Crippen LogP contribution is -2.46. The highest BCUT2D eigenvalue weighted by Gasteiger charge is 2.41. The molecule has 1 N–H and O–H groups in total. The molecule has 0 spiro atoms. The first kappa shape index (κ1) is 24.5. The Balaban J connectivity index is 1.77. The summed E-state index contributed by atoms with van der Waals surface area (Å²) in [5, 5.41) is 10.1. The van der Waals surface area contributed by atoms with Crippen molar-refractivity contribution in [3.05, 3.63) is 0 Å². The van der Waals surface area contributed by atoms with Crippen LogP contribution in [0, 0.1) is 5.92 Å². The minimum absolute atomic E-state index is 0.0284. The average Bonchev–Trinajstić information content (AvgIpc) is 2.64. The molecule has 0 aromatic rings. The van der Waals surface area contributed by atoms with E-state index in [1.165, 1.54) is 89.9 Å². The predicted octanol–water partition coefficient (Wildman–Crippen LogP) is 6.95. The van der Waals surface area contributed by atoms with E-state index in [0.717, 1.165) is 19.3 Å². The van der Waals surface area contributed by atoms with Gasteiger partial charge in [0, 0.05) is 6.42 Å².